The standard InChI is InChI=1S/C20H26FN3O/c1-15(25)24-11-4-2-3-7-19(24)16-9-12-23(13-10-16)20-8-5-6-18(21)17(20)14-22/h5-6,8,16,19H,2-4,7,9-13H2,1H3/t19-/m0/s1. The maximum absolute atomic E-state index is 13.9. The number of carbonyl (C=O) groups is 1. The minimum Gasteiger partial charge on any atom is -0.370 e. The Hall–Kier alpha value is -2.09. The fourth-order valence-corrected chi connectivity index (χ4v) is 4.43. The first-order valence-corrected chi connectivity index (χ1v) is 9.32. The topological polar surface area (TPSA) is 47.3 Å². The van der Waals surface area contributed by atoms with Crippen molar-refractivity contribution < 1.29 is 9.18 Å². The summed E-state index contributed by atoms with van der Waals surface area (Å²) in [6, 6.07) is 7.17. The van der Waals surface area contributed by atoms with Crippen LogP contribution in [-0.4, -0.2) is 36.5 Å². The number of likely N-dealkylation sites (tertiary alicyclic amines) is 1. The van der Waals surface area contributed by atoms with Crippen LogP contribution in [0.25, 0.3) is 0 Å². The lowest BCUT2D eigenvalue weighted by Crippen LogP contribution is -2.47. The van der Waals surface area contributed by atoms with Crippen molar-refractivity contribution in [1.82, 2.24) is 4.90 Å². The second-order valence-electron chi connectivity index (χ2n) is 7.20. The van der Waals surface area contributed by atoms with Crippen LogP contribution >= 0.6 is 0 Å². The maximum atomic E-state index is 13.9. The predicted molar refractivity (Wildman–Crippen MR) is 95.7 cm³/mol. The number of hydrogen-bond donors (Lipinski definition) is 0. The molecule has 2 aliphatic heterocycles. The van der Waals surface area contributed by atoms with Crippen LogP contribution < -0.4 is 4.90 Å². The fraction of sp³-hybridized carbons (Fsp3) is 0.600. The van der Waals surface area contributed by atoms with Crippen LogP contribution in [-0.2, 0) is 4.79 Å². The van der Waals surface area contributed by atoms with Gasteiger partial charge in [0.1, 0.15) is 17.4 Å². The highest BCUT2D eigenvalue weighted by Gasteiger charge is 2.33. The fourth-order valence-electron chi connectivity index (χ4n) is 4.43. The summed E-state index contributed by atoms with van der Waals surface area (Å²) in [6.45, 7) is 4.18. The molecule has 0 aromatic heterocycles. The zero-order valence-electron chi connectivity index (χ0n) is 14.9. The van der Waals surface area contributed by atoms with Gasteiger partial charge in [-0.2, -0.15) is 5.26 Å². The normalized spacial score (nSPS) is 22.4. The van der Waals surface area contributed by atoms with E-state index < -0.39 is 5.82 Å². The average molecular weight is 343 g/mol. The van der Waals surface area contributed by atoms with Crippen molar-refractivity contribution in [3.8, 4) is 6.07 Å². The molecular weight excluding hydrogens is 317 g/mol. The van der Waals surface area contributed by atoms with Crippen LogP contribution in [0.4, 0.5) is 10.1 Å². The van der Waals surface area contributed by atoms with E-state index in [-0.39, 0.29) is 11.5 Å². The molecule has 2 fully saturated rings. The summed E-state index contributed by atoms with van der Waals surface area (Å²) >= 11 is 0. The Morgan fingerprint density at radius 1 is 1.16 bits per heavy atom. The molecule has 0 bridgehead atoms. The minimum atomic E-state index is -0.450. The van der Waals surface area contributed by atoms with Crippen LogP contribution in [0, 0.1) is 23.1 Å². The van der Waals surface area contributed by atoms with Crippen LogP contribution in [0.15, 0.2) is 18.2 Å². The first-order valence-electron chi connectivity index (χ1n) is 9.32. The van der Waals surface area contributed by atoms with Crippen molar-refractivity contribution in [2.45, 2.75) is 51.5 Å². The van der Waals surface area contributed by atoms with Gasteiger partial charge in [-0.05, 0) is 43.7 Å². The van der Waals surface area contributed by atoms with Crippen molar-refractivity contribution >= 4 is 11.6 Å². The number of hydrogen-bond acceptors (Lipinski definition) is 3. The Morgan fingerprint density at radius 2 is 1.92 bits per heavy atom. The van der Waals surface area contributed by atoms with Gasteiger partial charge in [-0.3, -0.25) is 4.79 Å². The molecular formula is C20H26FN3O. The van der Waals surface area contributed by atoms with Gasteiger partial charge in [0.15, 0.2) is 0 Å². The number of benzene rings is 1. The molecule has 134 valence electrons. The number of piperidine rings is 1. The second-order valence-corrected chi connectivity index (χ2v) is 7.20. The molecule has 25 heavy (non-hydrogen) atoms. The zero-order chi connectivity index (χ0) is 17.8. The molecule has 0 spiro atoms. The number of carbonyl (C=O) groups excluding carboxylic acids is 1. The van der Waals surface area contributed by atoms with E-state index in [9.17, 15) is 14.4 Å². The largest absolute Gasteiger partial charge is 0.370 e. The van der Waals surface area contributed by atoms with Crippen molar-refractivity contribution in [3.05, 3.63) is 29.6 Å². The Bertz CT molecular complexity index is 661. The summed E-state index contributed by atoms with van der Waals surface area (Å²) in [4.78, 5) is 16.2. The molecule has 0 aliphatic carbocycles. The van der Waals surface area contributed by atoms with Gasteiger partial charge in [-0.15, -0.1) is 0 Å². The van der Waals surface area contributed by atoms with Gasteiger partial charge in [0.25, 0.3) is 0 Å². The first-order chi connectivity index (χ1) is 12.1. The zero-order valence-corrected chi connectivity index (χ0v) is 14.9. The SMILES string of the molecule is CC(=O)N1CCCCC[C@H]1C1CCN(c2cccc(F)c2C#N)CC1. The van der Waals surface area contributed by atoms with E-state index in [1.165, 1.54) is 18.9 Å². The highest BCUT2D eigenvalue weighted by atomic mass is 19.1. The summed E-state index contributed by atoms with van der Waals surface area (Å²) in [5, 5.41) is 9.25. The highest BCUT2D eigenvalue weighted by molar-refractivity contribution is 5.73. The van der Waals surface area contributed by atoms with Gasteiger partial charge in [0.2, 0.25) is 5.91 Å². The molecule has 1 aromatic carbocycles. The van der Waals surface area contributed by atoms with Gasteiger partial charge >= 0.3 is 0 Å². The number of nitriles is 1. The highest BCUT2D eigenvalue weighted by Crippen LogP contribution is 2.33. The van der Waals surface area contributed by atoms with E-state index >= 15 is 0 Å². The summed E-state index contributed by atoms with van der Waals surface area (Å²) < 4.78 is 13.9. The van der Waals surface area contributed by atoms with E-state index in [0.29, 0.717) is 17.6 Å². The van der Waals surface area contributed by atoms with E-state index in [1.54, 1.807) is 13.0 Å². The smallest absolute Gasteiger partial charge is 0.219 e. The third-order valence-corrected chi connectivity index (χ3v) is 5.73. The lowest BCUT2D eigenvalue weighted by atomic mass is 9.85. The van der Waals surface area contributed by atoms with E-state index in [1.807, 2.05) is 12.1 Å². The van der Waals surface area contributed by atoms with Gasteiger partial charge in [-0.25, -0.2) is 4.39 Å². The van der Waals surface area contributed by atoms with Gasteiger partial charge in [0.05, 0.1) is 5.69 Å². The monoisotopic (exact) mass is 343 g/mol. The Morgan fingerprint density at radius 3 is 2.60 bits per heavy atom. The van der Waals surface area contributed by atoms with Crippen LogP contribution in [0.5, 0.6) is 0 Å². The molecule has 5 heteroatoms. The van der Waals surface area contributed by atoms with Gasteiger partial charge in [-0.1, -0.05) is 18.9 Å². The second kappa shape index (κ2) is 7.86. The molecule has 1 amide bonds. The molecule has 1 atom stereocenters. The molecule has 2 heterocycles. The quantitative estimate of drug-likeness (QED) is 0.822. The lowest BCUT2D eigenvalue weighted by Gasteiger charge is -2.41. The molecule has 2 aliphatic rings. The number of anilines is 1. The molecule has 0 unspecified atom stereocenters. The third-order valence-electron chi connectivity index (χ3n) is 5.73. The molecule has 3 rings (SSSR count). The third kappa shape index (κ3) is 3.78. The summed E-state index contributed by atoms with van der Waals surface area (Å²) in [5.74, 6) is 0.234. The van der Waals surface area contributed by atoms with E-state index in [4.69, 9.17) is 0 Å². The molecule has 0 N–H and O–H groups in total. The van der Waals surface area contributed by atoms with Crippen LogP contribution in [0.3, 0.4) is 0 Å². The van der Waals surface area contributed by atoms with Crippen LogP contribution in [0.1, 0.15) is 51.0 Å². The number of halogens is 1. The Balaban J connectivity index is 1.70. The Labute approximate surface area is 149 Å². The van der Waals surface area contributed by atoms with E-state index in [2.05, 4.69) is 9.80 Å². The molecule has 0 radical (unpaired) electrons. The number of amides is 1. The van der Waals surface area contributed by atoms with Crippen molar-refractivity contribution in [2.75, 3.05) is 24.5 Å². The number of nitrogens with zero attached hydrogens (tertiary/aromatic N) is 3. The lowest BCUT2D eigenvalue weighted by molar-refractivity contribution is -0.132. The molecule has 0 saturated carbocycles. The summed E-state index contributed by atoms with van der Waals surface area (Å²) in [6.07, 6.45) is 6.55. The maximum Gasteiger partial charge on any atom is 0.219 e. The predicted octanol–water partition coefficient (Wildman–Crippen LogP) is 3.70. The summed E-state index contributed by atoms with van der Waals surface area (Å²) in [5.41, 5.74) is 0.839. The molecule has 4 nitrogen and oxygen atoms in total. The molecule has 1 aromatic rings. The van der Waals surface area contributed by atoms with Crippen LogP contribution in [0.2, 0.25) is 0 Å². The van der Waals surface area contributed by atoms with E-state index in [0.717, 1.165) is 45.3 Å². The van der Waals surface area contributed by atoms with Gasteiger partial charge in [0, 0.05) is 32.6 Å². The molecule has 2 saturated heterocycles. The van der Waals surface area contributed by atoms with Gasteiger partial charge < -0.3 is 9.80 Å². The average Bonchev–Trinajstić information content (AvgIpc) is 2.88. The number of rotatable bonds is 2. The minimum absolute atomic E-state index is 0.140. The van der Waals surface area contributed by atoms with Crippen molar-refractivity contribution in [2.24, 2.45) is 5.92 Å². The first kappa shape index (κ1) is 17.7. The van der Waals surface area contributed by atoms with Crippen molar-refractivity contribution in [3.63, 3.8) is 0 Å². The Kier molecular flexibility index (Phi) is 5.57. The summed E-state index contributed by atoms with van der Waals surface area (Å²) in [7, 11) is 0. The van der Waals surface area contributed by atoms with Crippen molar-refractivity contribution in [1.29, 1.82) is 5.26 Å².